The summed E-state index contributed by atoms with van der Waals surface area (Å²) in [5.41, 5.74) is 1.06. The molecule has 31 heavy (non-hydrogen) atoms. The molecule has 1 aliphatic rings. The van der Waals surface area contributed by atoms with Crippen LogP contribution in [-0.2, 0) is 9.59 Å². The number of aromatic nitrogens is 1. The first-order chi connectivity index (χ1) is 14.9. The molecule has 2 aromatic carbocycles. The highest BCUT2D eigenvalue weighted by molar-refractivity contribution is 6.39. The van der Waals surface area contributed by atoms with Crippen molar-refractivity contribution in [3.63, 3.8) is 0 Å². The Morgan fingerprint density at radius 3 is 2.45 bits per heavy atom. The third-order valence-electron chi connectivity index (χ3n) is 4.85. The molecule has 1 N–H and O–H groups in total. The Morgan fingerprint density at radius 1 is 1.06 bits per heavy atom. The van der Waals surface area contributed by atoms with E-state index in [4.69, 9.17) is 4.74 Å². The Balaban J connectivity index is 1.77. The SMILES string of the molecule is CCOc1ccc(N2C(=O)NC(=O)/C(=C/c3cc4ccccc4n3C(C)=O)C2=O)cc1. The van der Waals surface area contributed by atoms with Gasteiger partial charge in [0.2, 0.25) is 5.91 Å². The molecule has 0 unspecified atom stereocenters. The number of nitrogens with one attached hydrogen (secondary N) is 1. The molecule has 156 valence electrons. The van der Waals surface area contributed by atoms with Gasteiger partial charge >= 0.3 is 6.03 Å². The lowest BCUT2D eigenvalue weighted by atomic mass is 10.1. The molecule has 8 heteroatoms. The molecule has 0 bridgehead atoms. The summed E-state index contributed by atoms with van der Waals surface area (Å²) in [6.07, 6.45) is 1.33. The summed E-state index contributed by atoms with van der Waals surface area (Å²) >= 11 is 0. The van der Waals surface area contributed by atoms with Crippen LogP contribution in [0.15, 0.2) is 60.2 Å². The maximum Gasteiger partial charge on any atom is 0.335 e. The average Bonchev–Trinajstić information content (AvgIpc) is 3.11. The fourth-order valence-electron chi connectivity index (χ4n) is 3.53. The molecule has 0 atom stereocenters. The third-order valence-corrected chi connectivity index (χ3v) is 4.85. The smallest absolute Gasteiger partial charge is 0.335 e. The maximum atomic E-state index is 13.1. The van der Waals surface area contributed by atoms with E-state index in [9.17, 15) is 19.2 Å². The number of urea groups is 1. The second kappa shape index (κ2) is 7.91. The number of carbonyl (C=O) groups is 4. The van der Waals surface area contributed by atoms with Crippen molar-refractivity contribution in [3.05, 3.63) is 65.9 Å². The van der Waals surface area contributed by atoms with E-state index < -0.39 is 17.8 Å². The third kappa shape index (κ3) is 3.59. The van der Waals surface area contributed by atoms with Gasteiger partial charge in [-0.05, 0) is 49.4 Å². The first-order valence-corrected chi connectivity index (χ1v) is 9.66. The number of amides is 4. The highest BCUT2D eigenvalue weighted by Gasteiger charge is 2.37. The van der Waals surface area contributed by atoms with Crippen LogP contribution in [0.1, 0.15) is 24.3 Å². The largest absolute Gasteiger partial charge is 0.494 e. The van der Waals surface area contributed by atoms with Crippen molar-refractivity contribution >= 4 is 46.4 Å². The number of rotatable bonds is 4. The summed E-state index contributed by atoms with van der Waals surface area (Å²) in [6.45, 7) is 3.72. The van der Waals surface area contributed by atoms with Gasteiger partial charge in [0.1, 0.15) is 11.3 Å². The zero-order valence-corrected chi connectivity index (χ0v) is 16.9. The van der Waals surface area contributed by atoms with Crippen LogP contribution in [0.5, 0.6) is 5.75 Å². The van der Waals surface area contributed by atoms with Gasteiger partial charge in [-0.1, -0.05) is 18.2 Å². The minimum absolute atomic E-state index is 0.251. The van der Waals surface area contributed by atoms with Crippen LogP contribution in [0.3, 0.4) is 0 Å². The van der Waals surface area contributed by atoms with E-state index in [-0.39, 0.29) is 17.2 Å². The van der Waals surface area contributed by atoms with Gasteiger partial charge in [0.05, 0.1) is 23.5 Å². The normalized spacial score (nSPS) is 15.5. The van der Waals surface area contributed by atoms with Gasteiger partial charge in [0, 0.05) is 12.3 Å². The molecule has 3 aromatic rings. The molecule has 0 saturated carbocycles. The van der Waals surface area contributed by atoms with Crippen LogP contribution in [0.4, 0.5) is 10.5 Å². The monoisotopic (exact) mass is 417 g/mol. The standard InChI is InChI=1S/C23H19N3O5/c1-3-31-18-10-8-16(9-11-18)26-22(29)19(21(28)24-23(26)30)13-17-12-15-6-4-5-7-20(15)25(17)14(2)27/h4-13H,3H2,1-2H3,(H,24,28,30)/b19-13-. The van der Waals surface area contributed by atoms with Gasteiger partial charge in [0.25, 0.3) is 11.8 Å². The Labute approximate surface area is 177 Å². The molecule has 8 nitrogen and oxygen atoms in total. The number of benzene rings is 2. The number of nitrogens with zero attached hydrogens (tertiary/aromatic N) is 2. The Kier molecular flexibility index (Phi) is 5.12. The summed E-state index contributed by atoms with van der Waals surface area (Å²) in [7, 11) is 0. The Morgan fingerprint density at radius 2 is 1.77 bits per heavy atom. The summed E-state index contributed by atoms with van der Waals surface area (Å²) in [5, 5.41) is 2.97. The van der Waals surface area contributed by atoms with Crippen LogP contribution in [0.25, 0.3) is 17.0 Å². The van der Waals surface area contributed by atoms with Crippen LogP contribution in [-0.4, -0.2) is 34.9 Å². The van der Waals surface area contributed by atoms with Gasteiger partial charge in [0.15, 0.2) is 0 Å². The molecule has 1 fully saturated rings. The Hall–Kier alpha value is -4.20. The molecular formula is C23H19N3O5. The fraction of sp³-hybridized carbons (Fsp3) is 0.130. The van der Waals surface area contributed by atoms with Crippen molar-refractivity contribution < 1.29 is 23.9 Å². The maximum absolute atomic E-state index is 13.1. The van der Waals surface area contributed by atoms with Crippen molar-refractivity contribution in [1.82, 2.24) is 9.88 Å². The minimum Gasteiger partial charge on any atom is -0.494 e. The molecule has 2 heterocycles. The van der Waals surface area contributed by atoms with Gasteiger partial charge in [-0.2, -0.15) is 0 Å². The predicted octanol–water partition coefficient (Wildman–Crippen LogP) is 3.37. The van der Waals surface area contributed by atoms with Crippen molar-refractivity contribution in [2.24, 2.45) is 0 Å². The van der Waals surface area contributed by atoms with Crippen LogP contribution >= 0.6 is 0 Å². The molecule has 1 saturated heterocycles. The number of imide groups is 2. The highest BCUT2D eigenvalue weighted by atomic mass is 16.5. The first-order valence-electron chi connectivity index (χ1n) is 9.66. The van der Waals surface area contributed by atoms with E-state index in [1.807, 2.05) is 19.1 Å². The molecule has 4 rings (SSSR count). The average molecular weight is 417 g/mol. The molecule has 0 aliphatic carbocycles. The summed E-state index contributed by atoms with van der Waals surface area (Å²) in [6, 6.07) is 14.5. The van der Waals surface area contributed by atoms with Crippen LogP contribution in [0.2, 0.25) is 0 Å². The summed E-state index contributed by atoms with van der Waals surface area (Å²) in [4.78, 5) is 51.1. The number of fused-ring (bicyclic) bond motifs is 1. The lowest BCUT2D eigenvalue weighted by molar-refractivity contribution is -0.122. The number of barbiturate groups is 1. The number of para-hydroxylation sites is 1. The van der Waals surface area contributed by atoms with E-state index in [1.54, 1.807) is 42.5 Å². The van der Waals surface area contributed by atoms with E-state index in [0.717, 1.165) is 10.3 Å². The van der Waals surface area contributed by atoms with E-state index in [1.165, 1.54) is 17.6 Å². The van der Waals surface area contributed by atoms with Crippen molar-refractivity contribution in [2.45, 2.75) is 13.8 Å². The fourth-order valence-corrected chi connectivity index (χ4v) is 3.53. The number of anilines is 1. The number of hydrogen-bond acceptors (Lipinski definition) is 5. The second-order valence-electron chi connectivity index (χ2n) is 6.87. The molecule has 0 spiro atoms. The minimum atomic E-state index is -0.844. The number of hydrogen-bond donors (Lipinski definition) is 1. The first kappa shape index (κ1) is 20.1. The van der Waals surface area contributed by atoms with Crippen molar-refractivity contribution in [1.29, 1.82) is 0 Å². The molecule has 1 aliphatic heterocycles. The quantitative estimate of drug-likeness (QED) is 0.519. The van der Waals surface area contributed by atoms with E-state index >= 15 is 0 Å². The molecular weight excluding hydrogens is 398 g/mol. The van der Waals surface area contributed by atoms with Gasteiger partial charge in [-0.3, -0.25) is 24.3 Å². The summed E-state index contributed by atoms with van der Waals surface area (Å²) < 4.78 is 6.80. The Bertz CT molecular complexity index is 1250. The molecule has 0 radical (unpaired) electrons. The lowest BCUT2D eigenvalue weighted by Gasteiger charge is -2.26. The zero-order chi connectivity index (χ0) is 22.1. The van der Waals surface area contributed by atoms with E-state index in [2.05, 4.69) is 5.32 Å². The van der Waals surface area contributed by atoms with Crippen LogP contribution < -0.4 is 15.0 Å². The molecule has 4 amide bonds. The van der Waals surface area contributed by atoms with Gasteiger partial charge in [-0.25, -0.2) is 9.69 Å². The molecule has 1 aromatic heterocycles. The number of ether oxygens (including phenoxy) is 1. The van der Waals surface area contributed by atoms with Crippen molar-refractivity contribution in [2.75, 3.05) is 11.5 Å². The predicted molar refractivity (Wildman–Crippen MR) is 115 cm³/mol. The highest BCUT2D eigenvalue weighted by Crippen LogP contribution is 2.26. The van der Waals surface area contributed by atoms with Crippen molar-refractivity contribution in [3.8, 4) is 5.75 Å². The summed E-state index contributed by atoms with van der Waals surface area (Å²) in [5.74, 6) is -1.28. The second-order valence-corrected chi connectivity index (χ2v) is 6.87. The zero-order valence-electron chi connectivity index (χ0n) is 16.9. The lowest BCUT2D eigenvalue weighted by Crippen LogP contribution is -2.54. The number of carbonyl (C=O) groups excluding carboxylic acids is 4. The van der Waals surface area contributed by atoms with E-state index in [0.29, 0.717) is 23.6 Å². The van der Waals surface area contributed by atoms with Gasteiger partial charge in [-0.15, -0.1) is 0 Å². The van der Waals surface area contributed by atoms with Crippen LogP contribution in [0, 0.1) is 0 Å². The topological polar surface area (TPSA) is 97.7 Å². The van der Waals surface area contributed by atoms with Gasteiger partial charge < -0.3 is 4.74 Å².